The number of benzene rings is 2. The van der Waals surface area contributed by atoms with E-state index in [-0.39, 0.29) is 12.1 Å². The number of alkyl halides is 6. The van der Waals surface area contributed by atoms with Gasteiger partial charge in [-0.25, -0.2) is 8.78 Å². The Labute approximate surface area is 193 Å². The lowest BCUT2D eigenvalue weighted by Crippen LogP contribution is -2.17. The van der Waals surface area contributed by atoms with E-state index in [2.05, 4.69) is 26.0 Å². The first kappa shape index (κ1) is 26.2. The molecule has 15 heteroatoms. The normalized spacial score (nSPS) is 11.0. The van der Waals surface area contributed by atoms with Crippen molar-refractivity contribution in [2.45, 2.75) is 12.5 Å². The average Bonchev–Trinajstić information content (AvgIpc) is 2.70. The van der Waals surface area contributed by atoms with E-state index in [9.17, 15) is 35.1 Å². The molecular weight excluding hydrogens is 548 g/mol. The minimum Gasteiger partial charge on any atom is -0.448 e. The molecule has 1 N–H and O–H groups in total. The van der Waals surface area contributed by atoms with Crippen molar-refractivity contribution in [1.29, 1.82) is 15.8 Å². The third kappa shape index (κ3) is 6.27. The van der Waals surface area contributed by atoms with Crippen LogP contribution in [0, 0.1) is 45.6 Å². The van der Waals surface area contributed by atoms with Gasteiger partial charge in [0.05, 0.1) is 15.7 Å². The fourth-order valence-corrected chi connectivity index (χ4v) is 2.82. The van der Waals surface area contributed by atoms with Crippen LogP contribution in [0.5, 0.6) is 17.2 Å². The topological polar surface area (TPSA) is 102 Å². The van der Waals surface area contributed by atoms with Crippen LogP contribution in [0.25, 0.3) is 0 Å². The van der Waals surface area contributed by atoms with Crippen LogP contribution in [0.2, 0.25) is 0 Å². The van der Waals surface area contributed by atoms with Crippen LogP contribution in [-0.2, 0) is 6.18 Å². The summed E-state index contributed by atoms with van der Waals surface area (Å²) in [5.74, 6) is -6.66. The number of anilines is 1. The monoisotopic (exact) mass is 552 g/mol. The minimum absolute atomic E-state index is 0.0787. The molecule has 6 nitrogen and oxygen atoms in total. The quantitative estimate of drug-likeness (QED) is 0.328. The van der Waals surface area contributed by atoms with Crippen molar-refractivity contribution >= 4 is 21.6 Å². The third-order valence-corrected chi connectivity index (χ3v) is 4.21. The van der Waals surface area contributed by atoms with Crippen LogP contribution in [0.15, 0.2) is 40.0 Å². The maximum absolute atomic E-state index is 14.2. The van der Waals surface area contributed by atoms with Crippen molar-refractivity contribution in [3.8, 4) is 35.5 Å². The molecule has 0 aliphatic carbocycles. The zero-order chi connectivity index (χ0) is 25.8. The Kier molecular flexibility index (Phi) is 7.60. The van der Waals surface area contributed by atoms with E-state index >= 15 is 0 Å². The Morgan fingerprint density at radius 2 is 1.41 bits per heavy atom. The second kappa shape index (κ2) is 9.85. The van der Waals surface area contributed by atoms with Gasteiger partial charge in [-0.15, -0.1) is 13.2 Å². The van der Waals surface area contributed by atoms with E-state index in [1.807, 2.05) is 0 Å². The number of halogens is 9. The van der Waals surface area contributed by atoms with Gasteiger partial charge in [0.15, 0.2) is 28.7 Å². The summed E-state index contributed by atoms with van der Waals surface area (Å²) in [7, 11) is 0. The lowest BCUT2D eigenvalue weighted by atomic mass is 10.2. The second-order valence-electron chi connectivity index (χ2n) is 5.91. The molecule has 2 aromatic rings. The molecule has 0 saturated carbocycles. The third-order valence-electron chi connectivity index (χ3n) is 3.63. The summed E-state index contributed by atoms with van der Waals surface area (Å²) in [6.07, 6.45) is -10.3. The summed E-state index contributed by atoms with van der Waals surface area (Å²) in [5.41, 5.74) is -3.96. The highest BCUT2D eigenvalue weighted by Gasteiger charge is 2.34. The van der Waals surface area contributed by atoms with Gasteiger partial charge in [-0.05, 0) is 34.1 Å². The van der Waals surface area contributed by atoms with Gasteiger partial charge in [0.25, 0.3) is 0 Å². The van der Waals surface area contributed by atoms with E-state index in [1.54, 1.807) is 0 Å². The fourth-order valence-electron chi connectivity index (χ4n) is 2.30. The van der Waals surface area contributed by atoms with Crippen molar-refractivity contribution in [1.82, 2.24) is 0 Å². The molecule has 34 heavy (non-hydrogen) atoms. The SMILES string of the molecule is N#CC(C#N)=C(C#N)Nc1cc(OC(F)(F)F)cc(Br)c1Oc1c(F)cc(C(F)(F)F)cc1F. The van der Waals surface area contributed by atoms with Crippen LogP contribution < -0.4 is 14.8 Å². The molecule has 0 aliphatic rings. The van der Waals surface area contributed by atoms with E-state index in [0.29, 0.717) is 12.1 Å². The predicted molar refractivity (Wildman–Crippen MR) is 99.7 cm³/mol. The Morgan fingerprint density at radius 3 is 1.85 bits per heavy atom. The van der Waals surface area contributed by atoms with Crippen molar-refractivity contribution in [3.05, 3.63) is 57.2 Å². The lowest BCUT2D eigenvalue weighted by Gasteiger charge is -2.18. The van der Waals surface area contributed by atoms with Crippen LogP contribution in [-0.4, -0.2) is 6.36 Å². The number of nitrogens with one attached hydrogen (secondary N) is 1. The summed E-state index contributed by atoms with van der Waals surface area (Å²) in [6, 6.07) is 5.10. The summed E-state index contributed by atoms with van der Waals surface area (Å²) >= 11 is 2.78. The maximum Gasteiger partial charge on any atom is 0.573 e. The first-order valence-electron chi connectivity index (χ1n) is 8.25. The van der Waals surface area contributed by atoms with Gasteiger partial charge < -0.3 is 14.8 Å². The number of hydrogen-bond acceptors (Lipinski definition) is 6. The number of nitrogens with zero attached hydrogens (tertiary/aromatic N) is 3. The molecule has 0 spiro atoms. The van der Waals surface area contributed by atoms with E-state index in [0.717, 1.165) is 0 Å². The first-order valence-corrected chi connectivity index (χ1v) is 9.04. The molecule has 0 unspecified atom stereocenters. The highest BCUT2D eigenvalue weighted by atomic mass is 79.9. The predicted octanol–water partition coefficient (Wildman–Crippen LogP) is 6.67. The Bertz CT molecular complexity index is 1240. The summed E-state index contributed by atoms with van der Waals surface area (Å²) < 4.78 is 113. The van der Waals surface area contributed by atoms with Crippen LogP contribution >= 0.6 is 15.9 Å². The fraction of sp³-hybridized carbons (Fsp3) is 0.105. The molecule has 2 rings (SSSR count). The highest BCUT2D eigenvalue weighted by molar-refractivity contribution is 9.10. The molecule has 0 saturated heterocycles. The van der Waals surface area contributed by atoms with E-state index < -0.39 is 68.4 Å². The van der Waals surface area contributed by atoms with Crippen LogP contribution in [0.1, 0.15) is 5.56 Å². The van der Waals surface area contributed by atoms with Gasteiger partial charge in [-0.1, -0.05) is 0 Å². The molecule has 0 aliphatic heterocycles. The minimum atomic E-state index is -5.19. The molecule has 0 amide bonds. The van der Waals surface area contributed by atoms with Crippen molar-refractivity contribution in [2.24, 2.45) is 0 Å². The average molecular weight is 553 g/mol. The zero-order valence-corrected chi connectivity index (χ0v) is 17.5. The second-order valence-corrected chi connectivity index (χ2v) is 6.76. The smallest absolute Gasteiger partial charge is 0.448 e. The molecule has 0 bridgehead atoms. The molecule has 0 radical (unpaired) electrons. The van der Waals surface area contributed by atoms with E-state index in [1.165, 1.54) is 18.2 Å². The van der Waals surface area contributed by atoms with Gasteiger partial charge in [0.2, 0.25) is 0 Å². The number of nitriles is 3. The molecule has 0 heterocycles. The zero-order valence-electron chi connectivity index (χ0n) is 15.9. The highest BCUT2D eigenvalue weighted by Crippen LogP contribution is 2.44. The molecule has 176 valence electrons. The van der Waals surface area contributed by atoms with Gasteiger partial charge >= 0.3 is 12.5 Å². The summed E-state index contributed by atoms with van der Waals surface area (Å²) in [5, 5.41) is 29.1. The van der Waals surface area contributed by atoms with Gasteiger partial charge in [-0.2, -0.15) is 29.0 Å². The van der Waals surface area contributed by atoms with Crippen LogP contribution in [0.3, 0.4) is 0 Å². The number of ether oxygens (including phenoxy) is 2. The first-order chi connectivity index (χ1) is 15.7. The summed E-state index contributed by atoms with van der Waals surface area (Å²) in [6.45, 7) is 0. The molecule has 0 aromatic heterocycles. The standard InChI is InChI=1S/C19H5BrF8N4O2/c20-11-3-10(34-19(26,27)28)4-14(32-15(7-31)8(5-29)6-30)16(11)33-17-12(21)1-9(2-13(17)22)18(23,24)25/h1-4,32H. The maximum atomic E-state index is 14.2. The van der Waals surface area contributed by atoms with Gasteiger partial charge in [-0.3, -0.25) is 0 Å². The largest absolute Gasteiger partial charge is 0.573 e. The Balaban J connectivity index is 2.69. The Morgan fingerprint density at radius 1 is 0.853 bits per heavy atom. The van der Waals surface area contributed by atoms with Crippen LogP contribution in [0.4, 0.5) is 40.8 Å². The van der Waals surface area contributed by atoms with Gasteiger partial charge in [0, 0.05) is 6.07 Å². The van der Waals surface area contributed by atoms with E-state index in [4.69, 9.17) is 20.5 Å². The van der Waals surface area contributed by atoms with Crippen molar-refractivity contribution in [2.75, 3.05) is 5.32 Å². The van der Waals surface area contributed by atoms with Gasteiger partial charge in [0.1, 0.15) is 29.7 Å². The number of rotatable bonds is 5. The van der Waals surface area contributed by atoms with Crippen molar-refractivity contribution < 1.29 is 44.6 Å². The number of allylic oxidation sites excluding steroid dienone is 2. The molecule has 0 fully saturated rings. The lowest BCUT2D eigenvalue weighted by molar-refractivity contribution is -0.274. The summed E-state index contributed by atoms with van der Waals surface area (Å²) in [4.78, 5) is 0. The molecule has 2 aromatic carbocycles. The Hall–Kier alpha value is -4.03. The molecular formula is C19H5BrF8N4O2. The number of hydrogen-bond donors (Lipinski definition) is 1. The van der Waals surface area contributed by atoms with Crippen molar-refractivity contribution in [3.63, 3.8) is 0 Å². The molecule has 0 atom stereocenters.